The first-order chi connectivity index (χ1) is 16.8. The van der Waals surface area contributed by atoms with Gasteiger partial charge in [-0.1, -0.05) is 6.42 Å². The Balaban J connectivity index is 1.52. The largest absolute Gasteiger partial charge is 0.482 e. The van der Waals surface area contributed by atoms with Crippen molar-refractivity contribution in [2.45, 2.75) is 56.0 Å². The van der Waals surface area contributed by atoms with Crippen molar-refractivity contribution in [2.75, 3.05) is 19.0 Å². The Morgan fingerprint density at radius 1 is 1.11 bits per heavy atom. The number of ether oxygens (including phenoxy) is 2. The van der Waals surface area contributed by atoms with Crippen LogP contribution in [0.2, 0.25) is 0 Å². The molecule has 1 amide bonds. The molecule has 1 aromatic carbocycles. The number of sulfone groups is 1. The lowest BCUT2D eigenvalue weighted by molar-refractivity contribution is -0.200. The molecule has 35 heavy (non-hydrogen) atoms. The average Bonchev–Trinajstić information content (AvgIpc) is 3.34. The fourth-order valence-corrected chi connectivity index (χ4v) is 8.23. The van der Waals surface area contributed by atoms with Crippen molar-refractivity contribution in [3.63, 3.8) is 0 Å². The molecule has 2 N–H and O–H groups in total. The number of amides is 1. The first-order valence-corrected chi connectivity index (χ1v) is 14.1. The van der Waals surface area contributed by atoms with Crippen LogP contribution in [0.3, 0.4) is 0 Å². The van der Waals surface area contributed by atoms with Crippen molar-refractivity contribution in [2.24, 2.45) is 0 Å². The van der Waals surface area contributed by atoms with Gasteiger partial charge in [-0.3, -0.25) is 4.79 Å². The van der Waals surface area contributed by atoms with Crippen LogP contribution in [0.1, 0.15) is 49.8 Å². The summed E-state index contributed by atoms with van der Waals surface area (Å²) in [6.07, 6.45) is 3.50. The average molecular weight is 524 g/mol. The fraction of sp³-hybridized carbons (Fsp3) is 0.500. The van der Waals surface area contributed by atoms with Crippen LogP contribution in [0.4, 0.5) is 0 Å². The Kier molecular flexibility index (Phi) is 8.10. The van der Waals surface area contributed by atoms with Gasteiger partial charge in [0, 0.05) is 22.8 Å². The van der Waals surface area contributed by atoms with Crippen LogP contribution in [0, 0.1) is 0 Å². The molecule has 0 radical (unpaired) electrons. The second kappa shape index (κ2) is 11.1. The number of hydrogen-bond acceptors (Lipinski definition) is 8. The highest BCUT2D eigenvalue weighted by molar-refractivity contribution is 7.92. The number of carboxylic acid groups (broad SMARTS) is 1. The smallest absolute Gasteiger partial charge is 0.341 e. The van der Waals surface area contributed by atoms with Gasteiger partial charge in [0.05, 0.1) is 12.2 Å². The van der Waals surface area contributed by atoms with Crippen molar-refractivity contribution in [1.82, 2.24) is 5.48 Å². The van der Waals surface area contributed by atoms with Gasteiger partial charge < -0.3 is 14.6 Å². The summed E-state index contributed by atoms with van der Waals surface area (Å²) < 4.78 is 36.1. The van der Waals surface area contributed by atoms with Crippen molar-refractivity contribution < 1.29 is 37.4 Å². The summed E-state index contributed by atoms with van der Waals surface area (Å²) in [7, 11) is -3.58. The van der Waals surface area contributed by atoms with E-state index in [9.17, 15) is 18.0 Å². The van der Waals surface area contributed by atoms with Gasteiger partial charge in [-0.05, 0) is 67.6 Å². The molecule has 2 aliphatic rings. The van der Waals surface area contributed by atoms with E-state index < -0.39 is 39.4 Å². The highest BCUT2D eigenvalue weighted by atomic mass is 32.2. The van der Waals surface area contributed by atoms with Gasteiger partial charge in [0.15, 0.2) is 22.7 Å². The number of hydrogen-bond donors (Lipinski definition) is 2. The van der Waals surface area contributed by atoms with Gasteiger partial charge in [0.2, 0.25) is 5.91 Å². The molecule has 11 heteroatoms. The lowest BCUT2D eigenvalue weighted by Gasteiger charge is -2.35. The van der Waals surface area contributed by atoms with E-state index in [4.69, 9.17) is 19.4 Å². The van der Waals surface area contributed by atoms with E-state index >= 15 is 0 Å². The second-order valence-corrected chi connectivity index (χ2v) is 12.3. The molecule has 2 atom stereocenters. The predicted molar refractivity (Wildman–Crippen MR) is 130 cm³/mol. The van der Waals surface area contributed by atoms with Crippen LogP contribution in [0.5, 0.6) is 5.75 Å². The molecule has 1 unspecified atom stereocenters. The normalized spacial score (nSPS) is 23.9. The number of carbonyl (C=O) groups excluding carboxylic acids is 1. The van der Waals surface area contributed by atoms with Crippen molar-refractivity contribution >= 4 is 33.1 Å². The molecule has 190 valence electrons. The monoisotopic (exact) mass is 523 g/mol. The molecule has 2 saturated heterocycles. The number of aliphatic carboxylic acids is 1. The molecule has 1 aromatic heterocycles. The lowest BCUT2D eigenvalue weighted by atomic mass is 9.94. The summed E-state index contributed by atoms with van der Waals surface area (Å²) in [5.41, 5.74) is 3.26. The molecule has 0 aliphatic carbocycles. The molecular formula is C24H29NO8S2. The van der Waals surface area contributed by atoms with Gasteiger partial charge in [-0.25, -0.2) is 23.5 Å². The fourth-order valence-electron chi connectivity index (χ4n) is 4.44. The lowest BCUT2D eigenvalue weighted by Crippen LogP contribution is -2.45. The third-order valence-electron chi connectivity index (χ3n) is 6.28. The number of benzene rings is 1. The Labute approximate surface area is 208 Å². The topological polar surface area (TPSA) is 128 Å². The van der Waals surface area contributed by atoms with E-state index in [1.54, 1.807) is 30.3 Å². The van der Waals surface area contributed by atoms with Crippen LogP contribution in [-0.4, -0.2) is 50.7 Å². The number of carbonyl (C=O) groups is 2. The van der Waals surface area contributed by atoms with E-state index in [0.717, 1.165) is 23.3 Å². The standard InChI is InChI=1S/C24H29NO8S2/c26-21(25-33-23-5-1-3-13-31-23)15-24(12-2-4-14-35(24,29)30)20-11-10-19(34-20)17-6-8-18(9-7-17)32-16-22(27)28/h6-11,23H,1-5,12-16H2,(H,25,26)(H,27,28)/t23?,24-/m0/s1. The van der Waals surface area contributed by atoms with Crippen molar-refractivity contribution in [3.05, 3.63) is 41.3 Å². The summed E-state index contributed by atoms with van der Waals surface area (Å²) in [5, 5.41) is 8.75. The van der Waals surface area contributed by atoms with E-state index in [0.29, 0.717) is 42.9 Å². The number of hydroxylamine groups is 1. The minimum Gasteiger partial charge on any atom is -0.482 e. The molecule has 2 fully saturated rings. The highest BCUT2D eigenvalue weighted by Gasteiger charge is 2.49. The van der Waals surface area contributed by atoms with E-state index in [1.807, 2.05) is 6.07 Å². The third kappa shape index (κ3) is 6.03. The van der Waals surface area contributed by atoms with Crippen LogP contribution in [0.25, 0.3) is 10.4 Å². The molecule has 0 saturated carbocycles. The Bertz CT molecular complexity index is 1140. The van der Waals surface area contributed by atoms with Gasteiger partial charge in [-0.15, -0.1) is 11.3 Å². The van der Waals surface area contributed by atoms with Crippen LogP contribution in [0.15, 0.2) is 36.4 Å². The minimum absolute atomic E-state index is 0.0374. The minimum atomic E-state index is -3.58. The maximum absolute atomic E-state index is 13.4. The third-order valence-corrected chi connectivity index (χ3v) is 10.3. The first-order valence-electron chi connectivity index (χ1n) is 11.6. The molecule has 4 rings (SSSR count). The number of rotatable bonds is 9. The zero-order valence-corrected chi connectivity index (χ0v) is 20.9. The summed E-state index contributed by atoms with van der Waals surface area (Å²) in [4.78, 5) is 30.4. The molecule has 3 heterocycles. The van der Waals surface area contributed by atoms with E-state index in [2.05, 4.69) is 5.48 Å². The second-order valence-electron chi connectivity index (χ2n) is 8.76. The zero-order valence-electron chi connectivity index (χ0n) is 19.2. The molecule has 9 nitrogen and oxygen atoms in total. The summed E-state index contributed by atoms with van der Waals surface area (Å²) >= 11 is 1.35. The van der Waals surface area contributed by atoms with E-state index in [1.165, 1.54) is 11.3 Å². The predicted octanol–water partition coefficient (Wildman–Crippen LogP) is 3.64. The zero-order chi connectivity index (χ0) is 24.9. The summed E-state index contributed by atoms with van der Waals surface area (Å²) in [6.45, 7) is 0.144. The molecule has 2 aliphatic heterocycles. The van der Waals surface area contributed by atoms with Crippen LogP contribution >= 0.6 is 11.3 Å². The summed E-state index contributed by atoms with van der Waals surface area (Å²) in [5.74, 6) is -1.08. The van der Waals surface area contributed by atoms with Gasteiger partial charge in [-0.2, -0.15) is 0 Å². The number of thiophene rings is 1. The SMILES string of the molecule is O=C(O)COc1ccc(-c2ccc([C@@]3(CC(=O)NOC4CCCCO4)CCCCS3(=O)=O)s2)cc1. The molecule has 0 bridgehead atoms. The quantitative estimate of drug-likeness (QED) is 0.477. The van der Waals surface area contributed by atoms with Gasteiger partial charge in [0.1, 0.15) is 10.5 Å². The van der Waals surface area contributed by atoms with Crippen molar-refractivity contribution in [1.29, 1.82) is 0 Å². The first kappa shape index (κ1) is 25.6. The van der Waals surface area contributed by atoms with Crippen LogP contribution < -0.4 is 10.2 Å². The Hall–Kier alpha value is -2.47. The Morgan fingerprint density at radius 3 is 2.60 bits per heavy atom. The highest BCUT2D eigenvalue weighted by Crippen LogP contribution is 2.47. The number of carboxylic acids is 1. The molecular weight excluding hydrogens is 494 g/mol. The van der Waals surface area contributed by atoms with Crippen LogP contribution in [-0.2, 0) is 33.7 Å². The Morgan fingerprint density at radius 2 is 1.91 bits per heavy atom. The van der Waals surface area contributed by atoms with E-state index in [-0.39, 0.29) is 12.2 Å². The summed E-state index contributed by atoms with van der Waals surface area (Å²) in [6, 6.07) is 10.6. The number of nitrogens with one attached hydrogen (secondary N) is 1. The molecule has 0 spiro atoms. The maximum Gasteiger partial charge on any atom is 0.341 e. The molecule has 2 aromatic rings. The van der Waals surface area contributed by atoms with Gasteiger partial charge in [0.25, 0.3) is 0 Å². The van der Waals surface area contributed by atoms with Crippen molar-refractivity contribution in [3.8, 4) is 16.2 Å². The maximum atomic E-state index is 13.4. The van der Waals surface area contributed by atoms with Gasteiger partial charge >= 0.3 is 5.97 Å².